The third-order valence-electron chi connectivity index (χ3n) is 8.73. The Balaban J connectivity index is 1.56. The Morgan fingerprint density at radius 1 is 0.283 bits per heavy atom. The summed E-state index contributed by atoms with van der Waals surface area (Å²) in [5.41, 5.74) is 5.19. The summed E-state index contributed by atoms with van der Waals surface area (Å²) >= 11 is 0. The fraction of sp³-hybridized carbons (Fsp3) is 0.0476. The van der Waals surface area contributed by atoms with Crippen molar-refractivity contribution >= 4 is 23.1 Å². The van der Waals surface area contributed by atoms with E-state index in [0.717, 1.165) is 44.8 Å². The minimum absolute atomic E-state index is 0.661. The molecule has 6 aromatic rings. The molecule has 0 radical (unpaired) electrons. The average molecular weight is 591 g/mol. The van der Waals surface area contributed by atoms with Crippen molar-refractivity contribution in [3.63, 3.8) is 0 Å². The van der Waals surface area contributed by atoms with E-state index in [0.29, 0.717) is 11.7 Å². The van der Waals surface area contributed by atoms with Gasteiger partial charge in [-0.05, 0) is 22.3 Å². The Kier molecular flexibility index (Phi) is 6.88. The summed E-state index contributed by atoms with van der Waals surface area (Å²) < 4.78 is 0. The highest BCUT2D eigenvalue weighted by Crippen LogP contribution is 2.55. The molecule has 0 amide bonds. The Hall–Kier alpha value is -6.00. The standard InChI is InChI=1S/C42H30N4/c1-7-19-31(20-8-1)37-41(35-27-15-5-16-28-35,45-39(43-37)33-23-11-3-12-24-33)42(36-29-17-6-18-30-36)38(32-21-9-2-10-22-32)44-40(46-42)34-25-13-4-14-26-34/h1-30H. The van der Waals surface area contributed by atoms with Crippen molar-refractivity contribution in [3.8, 4) is 0 Å². The van der Waals surface area contributed by atoms with Crippen LogP contribution in [0.3, 0.4) is 0 Å². The largest absolute Gasteiger partial charge is 0.245 e. The van der Waals surface area contributed by atoms with Gasteiger partial charge in [0.25, 0.3) is 0 Å². The molecule has 6 aromatic carbocycles. The topological polar surface area (TPSA) is 49.4 Å². The molecule has 46 heavy (non-hydrogen) atoms. The van der Waals surface area contributed by atoms with Gasteiger partial charge in [-0.3, -0.25) is 0 Å². The highest BCUT2D eigenvalue weighted by molar-refractivity contribution is 6.28. The van der Waals surface area contributed by atoms with E-state index in [9.17, 15) is 0 Å². The van der Waals surface area contributed by atoms with Crippen LogP contribution in [0.15, 0.2) is 202 Å². The van der Waals surface area contributed by atoms with Gasteiger partial charge < -0.3 is 0 Å². The predicted octanol–water partition coefficient (Wildman–Crippen LogP) is 8.68. The first-order chi connectivity index (χ1) is 22.8. The Labute approximate surface area is 268 Å². The fourth-order valence-electron chi connectivity index (χ4n) is 6.70. The van der Waals surface area contributed by atoms with Crippen molar-refractivity contribution in [2.45, 2.75) is 11.1 Å². The highest BCUT2D eigenvalue weighted by Gasteiger charge is 2.64. The molecule has 4 heteroatoms. The predicted molar refractivity (Wildman–Crippen MR) is 188 cm³/mol. The van der Waals surface area contributed by atoms with Gasteiger partial charge in [0.2, 0.25) is 0 Å². The lowest BCUT2D eigenvalue weighted by Crippen LogP contribution is -2.55. The van der Waals surface area contributed by atoms with Gasteiger partial charge in [0.15, 0.2) is 22.7 Å². The minimum Gasteiger partial charge on any atom is -0.245 e. The summed E-state index contributed by atoms with van der Waals surface area (Å²) in [7, 11) is 0. The molecule has 0 N–H and O–H groups in total. The minimum atomic E-state index is -1.13. The first kappa shape index (κ1) is 27.5. The molecule has 0 fully saturated rings. The lowest BCUT2D eigenvalue weighted by molar-refractivity contribution is 0.420. The zero-order valence-electron chi connectivity index (χ0n) is 25.1. The van der Waals surface area contributed by atoms with E-state index in [-0.39, 0.29) is 0 Å². The molecule has 0 saturated carbocycles. The number of aliphatic imine (C=N–C) groups is 4. The van der Waals surface area contributed by atoms with Gasteiger partial charge in [0.1, 0.15) is 0 Å². The zero-order chi connectivity index (χ0) is 30.8. The van der Waals surface area contributed by atoms with Crippen LogP contribution in [0.5, 0.6) is 0 Å². The van der Waals surface area contributed by atoms with Gasteiger partial charge in [-0.25, -0.2) is 20.0 Å². The maximum Gasteiger partial charge on any atom is 0.165 e. The lowest BCUT2D eigenvalue weighted by Gasteiger charge is -2.44. The second-order valence-electron chi connectivity index (χ2n) is 11.4. The molecule has 2 aliphatic rings. The number of hydrogen-bond acceptors (Lipinski definition) is 4. The summed E-state index contributed by atoms with van der Waals surface area (Å²) in [4.78, 5) is 22.4. The number of benzene rings is 6. The second-order valence-corrected chi connectivity index (χ2v) is 11.4. The fourth-order valence-corrected chi connectivity index (χ4v) is 6.70. The molecule has 218 valence electrons. The summed E-state index contributed by atoms with van der Waals surface area (Å²) in [5, 5.41) is 0. The Morgan fingerprint density at radius 3 is 0.848 bits per heavy atom. The van der Waals surface area contributed by atoms with E-state index in [1.165, 1.54) is 0 Å². The number of rotatable bonds is 7. The van der Waals surface area contributed by atoms with Gasteiger partial charge in [-0.1, -0.05) is 182 Å². The lowest BCUT2D eigenvalue weighted by atomic mass is 9.62. The van der Waals surface area contributed by atoms with Crippen LogP contribution in [0.25, 0.3) is 0 Å². The van der Waals surface area contributed by atoms with Crippen LogP contribution >= 0.6 is 0 Å². The van der Waals surface area contributed by atoms with Gasteiger partial charge in [-0.15, -0.1) is 0 Å². The molecule has 4 nitrogen and oxygen atoms in total. The normalized spacial score (nSPS) is 20.4. The van der Waals surface area contributed by atoms with E-state index in [2.05, 4.69) is 121 Å². The summed E-state index contributed by atoms with van der Waals surface area (Å²) in [6.45, 7) is 0. The van der Waals surface area contributed by atoms with Crippen molar-refractivity contribution in [3.05, 3.63) is 215 Å². The molecule has 2 heterocycles. The van der Waals surface area contributed by atoms with E-state index < -0.39 is 11.1 Å². The number of hydrogen-bond donors (Lipinski definition) is 0. The maximum atomic E-state index is 5.78. The summed E-state index contributed by atoms with van der Waals surface area (Å²) in [6, 6.07) is 62.2. The molecule has 0 saturated heterocycles. The SMILES string of the molecule is c1ccc(C2=NC(c3ccccc3)(C3(c4ccccc4)N=C(c4ccccc4)N=C3c3ccccc3)C(c3ccccc3)=N2)cc1. The van der Waals surface area contributed by atoms with Gasteiger partial charge in [0, 0.05) is 11.1 Å². The zero-order valence-corrected chi connectivity index (χ0v) is 25.1. The average Bonchev–Trinajstić information content (AvgIpc) is 3.76. The van der Waals surface area contributed by atoms with Gasteiger partial charge in [0.05, 0.1) is 11.4 Å². The molecule has 0 aromatic heterocycles. The van der Waals surface area contributed by atoms with Crippen molar-refractivity contribution in [1.29, 1.82) is 0 Å². The van der Waals surface area contributed by atoms with Gasteiger partial charge >= 0.3 is 0 Å². The molecule has 0 aliphatic carbocycles. The third kappa shape index (κ3) is 4.38. The van der Waals surface area contributed by atoms with Gasteiger partial charge in [-0.2, -0.15) is 0 Å². The quantitative estimate of drug-likeness (QED) is 0.179. The maximum absolute atomic E-state index is 5.78. The second kappa shape index (κ2) is 11.5. The van der Waals surface area contributed by atoms with Crippen molar-refractivity contribution < 1.29 is 0 Å². The van der Waals surface area contributed by atoms with Crippen LogP contribution in [-0.2, 0) is 11.1 Å². The summed E-state index contributed by atoms with van der Waals surface area (Å²) in [5.74, 6) is 1.32. The van der Waals surface area contributed by atoms with Crippen LogP contribution in [0.2, 0.25) is 0 Å². The monoisotopic (exact) mass is 590 g/mol. The highest BCUT2D eigenvalue weighted by atomic mass is 15.2. The third-order valence-corrected chi connectivity index (χ3v) is 8.73. The Bertz CT molecular complexity index is 1950. The van der Waals surface area contributed by atoms with Crippen molar-refractivity contribution in [1.82, 2.24) is 0 Å². The van der Waals surface area contributed by atoms with Crippen LogP contribution in [0.4, 0.5) is 0 Å². The first-order valence-electron chi connectivity index (χ1n) is 15.5. The smallest absolute Gasteiger partial charge is 0.165 e. The van der Waals surface area contributed by atoms with E-state index in [1.54, 1.807) is 0 Å². The van der Waals surface area contributed by atoms with Crippen LogP contribution in [0, 0.1) is 0 Å². The van der Waals surface area contributed by atoms with E-state index in [4.69, 9.17) is 20.0 Å². The summed E-state index contributed by atoms with van der Waals surface area (Å²) in [6.07, 6.45) is 0. The molecular formula is C42H30N4. The molecule has 2 atom stereocenters. The van der Waals surface area contributed by atoms with Crippen LogP contribution < -0.4 is 0 Å². The van der Waals surface area contributed by atoms with Crippen molar-refractivity contribution in [2.24, 2.45) is 20.0 Å². The first-order valence-corrected chi connectivity index (χ1v) is 15.5. The molecule has 8 rings (SSSR count). The molecule has 2 unspecified atom stereocenters. The Morgan fingerprint density at radius 2 is 0.543 bits per heavy atom. The van der Waals surface area contributed by atoms with E-state index >= 15 is 0 Å². The number of amidine groups is 2. The van der Waals surface area contributed by atoms with Crippen LogP contribution in [0.1, 0.15) is 33.4 Å². The van der Waals surface area contributed by atoms with E-state index in [1.807, 2.05) is 60.7 Å². The molecule has 0 bridgehead atoms. The molecule has 2 aliphatic heterocycles. The number of nitrogens with zero attached hydrogens (tertiary/aromatic N) is 4. The molecule has 0 spiro atoms. The molecular weight excluding hydrogens is 560 g/mol. The van der Waals surface area contributed by atoms with Crippen LogP contribution in [-0.4, -0.2) is 23.1 Å². The van der Waals surface area contributed by atoms with Crippen molar-refractivity contribution in [2.75, 3.05) is 0 Å².